The fraction of sp³-hybridized carbons (Fsp3) is 0.588. The second-order valence-corrected chi connectivity index (χ2v) is 5.30. The molecule has 0 saturated carbocycles. The number of guanidine groups is 1. The molecule has 7 heteroatoms. The Morgan fingerprint density at radius 2 is 1.88 bits per heavy atom. The van der Waals surface area contributed by atoms with Gasteiger partial charge in [-0.25, -0.2) is 0 Å². The van der Waals surface area contributed by atoms with Gasteiger partial charge >= 0.3 is 6.18 Å². The highest BCUT2D eigenvalue weighted by atomic mass is 19.4. The van der Waals surface area contributed by atoms with Gasteiger partial charge in [-0.2, -0.15) is 13.2 Å². The number of aliphatic imine (C=N–C) groups is 1. The van der Waals surface area contributed by atoms with Crippen LogP contribution in [0, 0.1) is 0 Å². The van der Waals surface area contributed by atoms with Gasteiger partial charge in [-0.15, -0.1) is 0 Å². The molecular weight excluding hydrogens is 319 g/mol. The number of benzene rings is 1. The molecule has 0 fully saturated rings. The Bertz CT molecular complexity index is 464. The maximum atomic E-state index is 12.1. The number of halogens is 3. The van der Waals surface area contributed by atoms with Gasteiger partial charge in [0.05, 0.1) is 13.0 Å². The molecule has 0 saturated heterocycles. The van der Waals surface area contributed by atoms with Crippen LogP contribution in [0.4, 0.5) is 13.2 Å². The summed E-state index contributed by atoms with van der Waals surface area (Å²) in [5, 5.41) is 5.62. The van der Waals surface area contributed by atoms with E-state index >= 15 is 0 Å². The SMILES string of the molecule is CCNC(=NCCCCOCc1ccccc1)NCCC(F)(F)F. The van der Waals surface area contributed by atoms with Crippen molar-refractivity contribution in [3.05, 3.63) is 35.9 Å². The summed E-state index contributed by atoms with van der Waals surface area (Å²) in [6.07, 6.45) is -3.34. The van der Waals surface area contributed by atoms with Crippen molar-refractivity contribution in [2.24, 2.45) is 4.99 Å². The third-order valence-electron chi connectivity index (χ3n) is 3.12. The van der Waals surface area contributed by atoms with Gasteiger partial charge in [0, 0.05) is 26.2 Å². The Balaban J connectivity index is 2.12. The Kier molecular flexibility index (Phi) is 9.91. The first-order valence-electron chi connectivity index (χ1n) is 8.22. The Morgan fingerprint density at radius 1 is 1.12 bits per heavy atom. The summed E-state index contributed by atoms with van der Waals surface area (Å²) in [5.41, 5.74) is 1.14. The minimum Gasteiger partial charge on any atom is -0.377 e. The number of unbranched alkanes of at least 4 members (excludes halogenated alkanes) is 1. The molecule has 0 atom stereocenters. The van der Waals surface area contributed by atoms with E-state index in [1.807, 2.05) is 37.3 Å². The third-order valence-corrected chi connectivity index (χ3v) is 3.12. The zero-order valence-corrected chi connectivity index (χ0v) is 14.0. The van der Waals surface area contributed by atoms with Crippen LogP contribution in [-0.4, -0.2) is 38.4 Å². The van der Waals surface area contributed by atoms with E-state index in [1.165, 1.54) is 0 Å². The van der Waals surface area contributed by atoms with E-state index in [0.717, 1.165) is 18.4 Å². The fourth-order valence-corrected chi connectivity index (χ4v) is 1.94. The van der Waals surface area contributed by atoms with Crippen LogP contribution in [0.25, 0.3) is 0 Å². The monoisotopic (exact) mass is 345 g/mol. The maximum absolute atomic E-state index is 12.1. The van der Waals surface area contributed by atoms with Gasteiger partial charge in [-0.05, 0) is 25.3 Å². The van der Waals surface area contributed by atoms with Crippen LogP contribution in [0.1, 0.15) is 31.7 Å². The molecule has 136 valence electrons. The Hall–Kier alpha value is -1.76. The van der Waals surface area contributed by atoms with Gasteiger partial charge in [0.1, 0.15) is 0 Å². The second-order valence-electron chi connectivity index (χ2n) is 5.30. The summed E-state index contributed by atoms with van der Waals surface area (Å²) >= 11 is 0. The average molecular weight is 345 g/mol. The molecule has 0 heterocycles. The molecule has 1 aromatic rings. The molecule has 2 N–H and O–H groups in total. The predicted molar refractivity (Wildman–Crippen MR) is 90.0 cm³/mol. The van der Waals surface area contributed by atoms with Gasteiger partial charge in [0.15, 0.2) is 5.96 Å². The molecule has 24 heavy (non-hydrogen) atoms. The van der Waals surface area contributed by atoms with E-state index in [0.29, 0.717) is 32.3 Å². The topological polar surface area (TPSA) is 45.7 Å². The van der Waals surface area contributed by atoms with E-state index in [1.54, 1.807) is 0 Å². The molecule has 4 nitrogen and oxygen atoms in total. The zero-order valence-electron chi connectivity index (χ0n) is 14.0. The Labute approximate surface area is 141 Å². The van der Waals surface area contributed by atoms with Crippen molar-refractivity contribution in [1.82, 2.24) is 10.6 Å². The van der Waals surface area contributed by atoms with Crippen LogP contribution in [0.15, 0.2) is 35.3 Å². The van der Waals surface area contributed by atoms with Gasteiger partial charge in [-0.3, -0.25) is 4.99 Å². The lowest BCUT2D eigenvalue weighted by Gasteiger charge is -2.12. The van der Waals surface area contributed by atoms with E-state index < -0.39 is 12.6 Å². The predicted octanol–water partition coefficient (Wildman–Crippen LogP) is 3.49. The molecule has 0 unspecified atom stereocenters. The number of nitrogens with zero attached hydrogens (tertiary/aromatic N) is 1. The van der Waals surface area contributed by atoms with Gasteiger partial charge in [0.25, 0.3) is 0 Å². The lowest BCUT2D eigenvalue weighted by Crippen LogP contribution is -2.39. The van der Waals surface area contributed by atoms with Crippen LogP contribution in [0.5, 0.6) is 0 Å². The van der Waals surface area contributed by atoms with E-state index in [4.69, 9.17) is 4.74 Å². The normalized spacial score (nSPS) is 12.2. The lowest BCUT2D eigenvalue weighted by molar-refractivity contribution is -0.132. The van der Waals surface area contributed by atoms with Crippen molar-refractivity contribution in [1.29, 1.82) is 0 Å². The molecule has 1 rings (SSSR count). The van der Waals surface area contributed by atoms with E-state index in [9.17, 15) is 13.2 Å². The molecule has 0 spiro atoms. The zero-order chi connectivity index (χ0) is 17.7. The number of rotatable bonds is 10. The molecule has 0 radical (unpaired) electrons. The van der Waals surface area contributed by atoms with Crippen molar-refractivity contribution in [2.45, 2.75) is 39.0 Å². The minimum atomic E-state index is -4.15. The number of hydrogen-bond acceptors (Lipinski definition) is 2. The number of alkyl halides is 3. The summed E-state index contributed by atoms with van der Waals surface area (Å²) in [5.74, 6) is 0.423. The molecule has 0 aliphatic carbocycles. The first-order valence-corrected chi connectivity index (χ1v) is 8.22. The third kappa shape index (κ3) is 10.9. The van der Waals surface area contributed by atoms with Gasteiger partial charge in [-0.1, -0.05) is 30.3 Å². The standard InChI is InChI=1S/C17H26F3N3O/c1-2-21-16(23-12-10-17(18,19)20)22-11-6-7-13-24-14-15-8-4-3-5-9-15/h3-5,8-9H,2,6-7,10-14H2,1H3,(H2,21,22,23). The quantitative estimate of drug-likeness (QED) is 0.388. The largest absolute Gasteiger partial charge is 0.390 e. The molecule has 0 bridgehead atoms. The summed E-state index contributed by atoms with van der Waals surface area (Å²) in [6, 6.07) is 9.94. The van der Waals surface area contributed by atoms with Gasteiger partial charge in [0.2, 0.25) is 0 Å². The highest BCUT2D eigenvalue weighted by Gasteiger charge is 2.26. The minimum absolute atomic E-state index is 0.171. The first-order chi connectivity index (χ1) is 11.5. The van der Waals surface area contributed by atoms with Crippen LogP contribution in [-0.2, 0) is 11.3 Å². The van der Waals surface area contributed by atoms with E-state index in [2.05, 4.69) is 15.6 Å². The van der Waals surface area contributed by atoms with Crippen molar-refractivity contribution in [3.8, 4) is 0 Å². The van der Waals surface area contributed by atoms with Gasteiger partial charge < -0.3 is 15.4 Å². The smallest absolute Gasteiger partial charge is 0.377 e. The molecule has 1 aromatic carbocycles. The first kappa shape index (κ1) is 20.3. The molecule has 0 amide bonds. The number of hydrogen-bond donors (Lipinski definition) is 2. The fourth-order valence-electron chi connectivity index (χ4n) is 1.94. The second kappa shape index (κ2) is 11.7. The van der Waals surface area contributed by atoms with Crippen molar-refractivity contribution in [3.63, 3.8) is 0 Å². The molecule has 0 aromatic heterocycles. The summed E-state index contributed by atoms with van der Waals surface area (Å²) < 4.78 is 41.9. The van der Waals surface area contributed by atoms with Crippen LogP contribution < -0.4 is 10.6 Å². The molecular formula is C17H26F3N3O. The van der Waals surface area contributed by atoms with Crippen LogP contribution in [0.2, 0.25) is 0 Å². The molecule has 0 aliphatic heterocycles. The highest BCUT2D eigenvalue weighted by Crippen LogP contribution is 2.18. The number of ether oxygens (including phenoxy) is 1. The van der Waals surface area contributed by atoms with Crippen molar-refractivity contribution in [2.75, 3.05) is 26.2 Å². The number of nitrogens with one attached hydrogen (secondary N) is 2. The van der Waals surface area contributed by atoms with Crippen LogP contribution in [0.3, 0.4) is 0 Å². The highest BCUT2D eigenvalue weighted by molar-refractivity contribution is 5.79. The maximum Gasteiger partial charge on any atom is 0.390 e. The van der Waals surface area contributed by atoms with E-state index in [-0.39, 0.29) is 6.54 Å². The van der Waals surface area contributed by atoms with Crippen LogP contribution >= 0.6 is 0 Å². The summed E-state index contributed by atoms with van der Waals surface area (Å²) in [6.45, 7) is 4.09. The molecule has 0 aliphatic rings. The lowest BCUT2D eigenvalue weighted by atomic mass is 10.2. The van der Waals surface area contributed by atoms with Crippen molar-refractivity contribution < 1.29 is 17.9 Å². The summed E-state index contributed by atoms with van der Waals surface area (Å²) in [7, 11) is 0. The summed E-state index contributed by atoms with van der Waals surface area (Å²) in [4.78, 5) is 4.26. The van der Waals surface area contributed by atoms with Crippen molar-refractivity contribution >= 4 is 5.96 Å². The Morgan fingerprint density at radius 3 is 2.54 bits per heavy atom. The average Bonchev–Trinajstić information content (AvgIpc) is 2.53.